The van der Waals surface area contributed by atoms with Crippen LogP contribution in [0.25, 0.3) is 10.4 Å². The van der Waals surface area contributed by atoms with Crippen LogP contribution in [0.5, 0.6) is 0 Å². The molecule has 1 fully saturated rings. The number of ether oxygens (including phenoxy) is 8. The number of hydrogen-bond donors (Lipinski definition) is 0. The second-order valence-electron chi connectivity index (χ2n) is 16.8. The van der Waals surface area contributed by atoms with E-state index in [4.69, 9.17) is 42.1 Å². The third-order valence-corrected chi connectivity index (χ3v) is 12.1. The lowest BCUT2D eigenvalue weighted by atomic mass is 9.97. The molecule has 0 unspecified atom stereocenters. The van der Waals surface area contributed by atoms with Crippen LogP contribution in [0.2, 0.25) is 0 Å². The van der Waals surface area contributed by atoms with Crippen LogP contribution in [0, 0.1) is 0 Å². The molecule has 6 aromatic carbocycles. The number of hydrogen-bond acceptors (Lipinski definition) is 12. The summed E-state index contributed by atoms with van der Waals surface area (Å²) in [5.74, 6) is 0. The predicted molar refractivity (Wildman–Crippen MR) is 264 cm³/mol. The first-order valence-electron chi connectivity index (χ1n) is 23.4. The molecule has 368 valence electrons. The summed E-state index contributed by atoms with van der Waals surface area (Å²) in [6.07, 6.45) is -6.60. The summed E-state index contributed by atoms with van der Waals surface area (Å²) in [5.41, 5.74) is 14.7. The van der Waals surface area contributed by atoms with Gasteiger partial charge in [-0.15, -0.1) is 0 Å². The first-order chi connectivity index (χ1) is 34.3. The van der Waals surface area contributed by atoms with Crippen LogP contribution in [-0.4, -0.2) is 83.4 Å². The van der Waals surface area contributed by atoms with Crippen LogP contribution < -0.4 is 0 Å². The van der Waals surface area contributed by atoms with Crippen molar-refractivity contribution in [2.24, 2.45) is 5.11 Å². The van der Waals surface area contributed by atoms with Crippen molar-refractivity contribution in [3.8, 4) is 0 Å². The minimum Gasteiger partial charge on any atom is -0.374 e. The normalized spacial score (nSPS) is 19.4. The van der Waals surface area contributed by atoms with E-state index in [0.717, 1.165) is 39.6 Å². The van der Waals surface area contributed by atoms with Crippen LogP contribution >= 0.6 is 0 Å². The van der Waals surface area contributed by atoms with E-state index in [1.165, 1.54) is 0 Å². The summed E-state index contributed by atoms with van der Waals surface area (Å²) in [5, 5.41) is 3.80. The second kappa shape index (κ2) is 28.2. The summed E-state index contributed by atoms with van der Waals surface area (Å²) in [6.45, 7) is 0.832. The summed E-state index contributed by atoms with van der Waals surface area (Å²) < 4.78 is 86.4. The van der Waals surface area contributed by atoms with Crippen molar-refractivity contribution >= 4 is 10.1 Å². The van der Waals surface area contributed by atoms with Gasteiger partial charge in [-0.05, 0) is 45.3 Å². The van der Waals surface area contributed by atoms with Crippen molar-refractivity contribution in [3.63, 3.8) is 0 Å². The Morgan fingerprint density at radius 3 is 1.40 bits per heavy atom. The van der Waals surface area contributed by atoms with Gasteiger partial charge in [0.1, 0.15) is 36.6 Å². The van der Waals surface area contributed by atoms with E-state index in [2.05, 4.69) is 10.0 Å². The second-order valence-corrected chi connectivity index (χ2v) is 18.4. The molecule has 1 heterocycles. The van der Waals surface area contributed by atoms with E-state index >= 15 is 0 Å². The van der Waals surface area contributed by atoms with E-state index in [9.17, 15) is 13.9 Å². The Morgan fingerprint density at radius 2 is 0.943 bits per heavy atom. The quantitative estimate of drug-likeness (QED) is 0.0190. The molecule has 8 atom stereocenters. The van der Waals surface area contributed by atoms with Crippen molar-refractivity contribution in [1.29, 1.82) is 0 Å². The highest BCUT2D eigenvalue weighted by Gasteiger charge is 2.50. The molecule has 14 nitrogen and oxygen atoms in total. The van der Waals surface area contributed by atoms with Crippen molar-refractivity contribution in [2.75, 3.05) is 26.0 Å². The van der Waals surface area contributed by atoms with Crippen LogP contribution in [0.1, 0.15) is 39.8 Å². The van der Waals surface area contributed by atoms with Crippen molar-refractivity contribution in [3.05, 3.63) is 226 Å². The Balaban J connectivity index is 1.25. The van der Waals surface area contributed by atoms with Gasteiger partial charge in [-0.25, -0.2) is 0 Å². The molecule has 0 amide bonds. The highest BCUT2D eigenvalue weighted by Crippen LogP contribution is 2.33. The molecule has 7 rings (SSSR count). The Bertz CT molecular complexity index is 2530. The van der Waals surface area contributed by atoms with E-state index in [1.807, 2.05) is 182 Å². The molecule has 6 aromatic rings. The summed E-state index contributed by atoms with van der Waals surface area (Å²) >= 11 is 0. The van der Waals surface area contributed by atoms with Gasteiger partial charge >= 0.3 is 0 Å². The van der Waals surface area contributed by atoms with E-state index in [1.54, 1.807) is 0 Å². The van der Waals surface area contributed by atoms with Gasteiger partial charge in [-0.2, -0.15) is 8.42 Å². The average molecular weight is 972 g/mol. The molecular weight excluding hydrogens is 911 g/mol. The standard InChI is InChI=1S/C55H61N3O11S/c1-70(59,60)69-50(51(63-36-44-24-12-4-13-25-44)48(32-33-57-58-56)62-35-43-22-10-3-11-23-43)41-67-55-54(66-39-47-30-18-7-19-31-47)53(65-38-46-28-16-6-17-29-46)52(64-37-45-26-14-5-15-27-45)49(68-55)40-61-34-42-20-8-2-9-21-42/h2-31,48-55H,32-41H2,1H3/t48-,49-,50-,51+,52+,53+,54-,55+/m1/s1. The number of benzene rings is 6. The number of nitrogens with zero attached hydrogens (tertiary/aromatic N) is 3. The lowest BCUT2D eigenvalue weighted by molar-refractivity contribution is -0.332. The van der Waals surface area contributed by atoms with Crippen LogP contribution in [0.4, 0.5) is 0 Å². The Labute approximate surface area is 411 Å². The predicted octanol–water partition coefficient (Wildman–Crippen LogP) is 9.92. The maximum Gasteiger partial charge on any atom is 0.264 e. The highest BCUT2D eigenvalue weighted by molar-refractivity contribution is 7.86. The number of rotatable bonds is 29. The molecule has 0 saturated carbocycles. The first kappa shape index (κ1) is 52.1. The van der Waals surface area contributed by atoms with Gasteiger partial charge in [0.05, 0.1) is 65.2 Å². The Kier molecular flexibility index (Phi) is 20.9. The van der Waals surface area contributed by atoms with Gasteiger partial charge in [-0.1, -0.05) is 187 Å². The molecule has 0 spiro atoms. The maximum absolute atomic E-state index is 13.3. The molecule has 0 aliphatic carbocycles. The average Bonchev–Trinajstić information content (AvgIpc) is 3.39. The van der Waals surface area contributed by atoms with Crippen molar-refractivity contribution in [1.82, 2.24) is 0 Å². The largest absolute Gasteiger partial charge is 0.374 e. The van der Waals surface area contributed by atoms with Gasteiger partial charge in [0.2, 0.25) is 0 Å². The van der Waals surface area contributed by atoms with Gasteiger partial charge in [0, 0.05) is 11.5 Å². The SMILES string of the molecule is CS(=O)(=O)O[C@H](CO[C@H]1O[C@H](COCc2ccccc2)[C@H](OCc2ccccc2)[C@H](OCc2ccccc2)[C@H]1OCc1ccccc1)[C@@H](OCc1ccccc1)[C@@H](CCN=[N+]=[N-])OCc1ccccc1. The molecular formula is C55H61N3O11S. The summed E-state index contributed by atoms with van der Waals surface area (Å²) in [4.78, 5) is 2.97. The minimum absolute atomic E-state index is 0.0320. The molecule has 1 aliphatic heterocycles. The monoisotopic (exact) mass is 971 g/mol. The van der Waals surface area contributed by atoms with Crippen molar-refractivity contribution in [2.45, 2.75) is 95.1 Å². The smallest absolute Gasteiger partial charge is 0.264 e. The fourth-order valence-electron chi connectivity index (χ4n) is 8.04. The molecule has 0 radical (unpaired) electrons. The minimum atomic E-state index is -4.17. The number of azide groups is 1. The van der Waals surface area contributed by atoms with Crippen molar-refractivity contribution < 1.29 is 50.5 Å². The molecule has 1 aliphatic rings. The molecule has 0 N–H and O–H groups in total. The summed E-state index contributed by atoms with van der Waals surface area (Å²) in [6, 6.07) is 58.2. The zero-order valence-corrected chi connectivity index (χ0v) is 40.1. The lowest BCUT2D eigenvalue weighted by Crippen LogP contribution is -2.62. The van der Waals surface area contributed by atoms with Gasteiger partial charge in [-0.3, -0.25) is 4.18 Å². The molecule has 1 saturated heterocycles. The van der Waals surface area contributed by atoms with Crippen LogP contribution in [0.15, 0.2) is 187 Å². The highest BCUT2D eigenvalue weighted by atomic mass is 32.2. The van der Waals surface area contributed by atoms with Gasteiger partial charge in [0.15, 0.2) is 6.29 Å². The first-order valence-corrected chi connectivity index (χ1v) is 25.2. The van der Waals surface area contributed by atoms with E-state index < -0.39 is 59.1 Å². The van der Waals surface area contributed by atoms with E-state index in [0.29, 0.717) is 6.61 Å². The molecule has 0 aromatic heterocycles. The molecule has 70 heavy (non-hydrogen) atoms. The molecule has 15 heteroatoms. The van der Waals surface area contributed by atoms with Gasteiger partial charge in [0.25, 0.3) is 10.1 Å². The fraction of sp³-hybridized carbons (Fsp3) is 0.345. The van der Waals surface area contributed by atoms with Crippen LogP contribution in [0.3, 0.4) is 0 Å². The molecule has 0 bridgehead atoms. The lowest BCUT2D eigenvalue weighted by Gasteiger charge is -2.46. The van der Waals surface area contributed by atoms with E-state index in [-0.39, 0.29) is 59.2 Å². The summed E-state index contributed by atoms with van der Waals surface area (Å²) in [7, 11) is -4.17. The van der Waals surface area contributed by atoms with Crippen LogP contribution in [-0.2, 0) is 91.8 Å². The topological polar surface area (TPSA) is 166 Å². The third-order valence-electron chi connectivity index (χ3n) is 11.5. The zero-order valence-electron chi connectivity index (χ0n) is 39.3. The fourth-order valence-corrected chi connectivity index (χ4v) is 8.66. The third kappa shape index (κ3) is 17.3. The zero-order chi connectivity index (χ0) is 48.6. The Morgan fingerprint density at radius 1 is 0.529 bits per heavy atom. The Hall–Kier alpha value is -5.78. The van der Waals surface area contributed by atoms with Gasteiger partial charge < -0.3 is 37.9 Å². The maximum atomic E-state index is 13.3.